The molecular weight excluding hydrogens is 462 g/mol. The number of pyridine rings is 1. The summed E-state index contributed by atoms with van der Waals surface area (Å²) in [5.41, 5.74) is 2.98. The lowest BCUT2D eigenvalue weighted by Gasteiger charge is -2.26. The second kappa shape index (κ2) is 9.60. The molecule has 35 heavy (non-hydrogen) atoms. The molecule has 0 aliphatic carbocycles. The Hall–Kier alpha value is -4.17. The van der Waals surface area contributed by atoms with Crippen LogP contribution in [0.1, 0.15) is 33.9 Å². The molecular formula is C27H23N3O4S. The molecule has 176 valence electrons. The van der Waals surface area contributed by atoms with E-state index in [1.807, 2.05) is 65.6 Å². The quantitative estimate of drug-likeness (QED) is 0.291. The van der Waals surface area contributed by atoms with E-state index in [1.54, 1.807) is 31.5 Å². The van der Waals surface area contributed by atoms with Crippen LogP contribution in [0.25, 0.3) is 11.3 Å². The molecule has 1 aliphatic heterocycles. The number of nitrogens with one attached hydrogen (secondary N) is 1. The number of aromatic nitrogens is 1. The Balaban J connectivity index is 1.56. The van der Waals surface area contributed by atoms with Crippen LogP contribution in [0.15, 0.2) is 89.5 Å². The van der Waals surface area contributed by atoms with Crippen LogP contribution in [0.2, 0.25) is 0 Å². The van der Waals surface area contributed by atoms with Crippen LogP contribution in [0.5, 0.6) is 5.75 Å². The summed E-state index contributed by atoms with van der Waals surface area (Å²) in [7, 11) is 3.00. The number of benzene rings is 2. The fraction of sp³-hybridized carbons (Fsp3) is 0.148. The van der Waals surface area contributed by atoms with Gasteiger partial charge in [0.1, 0.15) is 23.3 Å². The summed E-state index contributed by atoms with van der Waals surface area (Å²) in [6, 6.07) is 24.0. The minimum atomic E-state index is -0.398. The minimum absolute atomic E-state index is 0.230. The van der Waals surface area contributed by atoms with Crippen LogP contribution in [0.4, 0.5) is 5.69 Å². The molecule has 2 aromatic heterocycles. The van der Waals surface area contributed by atoms with E-state index in [9.17, 15) is 4.79 Å². The van der Waals surface area contributed by atoms with E-state index in [1.165, 1.54) is 7.11 Å². The van der Waals surface area contributed by atoms with Crippen LogP contribution in [-0.4, -0.2) is 30.3 Å². The highest BCUT2D eigenvalue weighted by molar-refractivity contribution is 7.80. The van der Waals surface area contributed by atoms with Gasteiger partial charge < -0.3 is 24.1 Å². The number of anilines is 1. The van der Waals surface area contributed by atoms with Crippen LogP contribution >= 0.6 is 12.2 Å². The lowest BCUT2D eigenvalue weighted by Crippen LogP contribution is -2.29. The van der Waals surface area contributed by atoms with Gasteiger partial charge in [0, 0.05) is 17.4 Å². The zero-order valence-corrected chi connectivity index (χ0v) is 20.0. The van der Waals surface area contributed by atoms with Gasteiger partial charge in [-0.3, -0.25) is 4.98 Å². The molecule has 4 aromatic rings. The van der Waals surface area contributed by atoms with Gasteiger partial charge in [0.15, 0.2) is 5.11 Å². The Morgan fingerprint density at radius 1 is 1.03 bits per heavy atom. The minimum Gasteiger partial charge on any atom is -0.497 e. The van der Waals surface area contributed by atoms with Crippen molar-refractivity contribution in [2.75, 3.05) is 19.1 Å². The summed E-state index contributed by atoms with van der Waals surface area (Å²) in [6.07, 6.45) is 1.76. The lowest BCUT2D eigenvalue weighted by molar-refractivity contribution is 0.0601. The number of hydrogen-bond donors (Lipinski definition) is 1. The number of furan rings is 1. The molecule has 3 heterocycles. The Morgan fingerprint density at radius 3 is 2.57 bits per heavy atom. The van der Waals surface area contributed by atoms with Gasteiger partial charge in [-0.2, -0.15) is 0 Å². The normalized spacial score (nSPS) is 17.2. The van der Waals surface area contributed by atoms with Crippen molar-refractivity contribution in [3.8, 4) is 17.1 Å². The molecule has 1 aliphatic rings. The van der Waals surface area contributed by atoms with Crippen molar-refractivity contribution in [3.05, 3.63) is 102 Å². The van der Waals surface area contributed by atoms with E-state index >= 15 is 0 Å². The molecule has 0 amide bonds. The monoisotopic (exact) mass is 485 g/mol. The number of carbonyl (C=O) groups is 1. The number of hydrogen-bond acceptors (Lipinski definition) is 6. The number of nitrogens with zero attached hydrogens (tertiary/aromatic N) is 2. The zero-order chi connectivity index (χ0) is 24.4. The molecule has 2 aromatic carbocycles. The number of methoxy groups -OCH3 is 2. The first-order valence-electron chi connectivity index (χ1n) is 11.0. The standard InChI is InChI=1S/C27H23N3O4S/c1-32-20-11-9-19(10-12-20)30-25(24(29-27(30)35)21-8-3-4-15-28-21)23-14-13-22(34-23)17-6-5-7-18(16-17)26(31)33-2/h3-16,24-25H,1-2H3,(H,29,35)/t24-,25+/m1/s1. The third-order valence-corrected chi connectivity index (χ3v) is 6.25. The molecule has 1 N–H and O–H groups in total. The van der Waals surface area contributed by atoms with Gasteiger partial charge in [-0.05, 0) is 72.9 Å². The van der Waals surface area contributed by atoms with Crippen molar-refractivity contribution < 1.29 is 18.7 Å². The van der Waals surface area contributed by atoms with Crippen molar-refractivity contribution in [1.82, 2.24) is 10.3 Å². The number of esters is 1. The molecule has 0 unspecified atom stereocenters. The second-order valence-electron chi connectivity index (χ2n) is 7.97. The highest BCUT2D eigenvalue weighted by Crippen LogP contribution is 2.43. The summed E-state index contributed by atoms with van der Waals surface area (Å²) >= 11 is 5.76. The van der Waals surface area contributed by atoms with Gasteiger partial charge in [0.2, 0.25) is 0 Å². The molecule has 7 nitrogen and oxygen atoms in total. The highest BCUT2D eigenvalue weighted by Gasteiger charge is 2.42. The van der Waals surface area contributed by atoms with Gasteiger partial charge >= 0.3 is 5.97 Å². The largest absolute Gasteiger partial charge is 0.497 e. The van der Waals surface area contributed by atoms with Crippen LogP contribution in [0, 0.1) is 0 Å². The fourth-order valence-electron chi connectivity index (χ4n) is 4.25. The molecule has 5 rings (SSSR count). The second-order valence-corrected chi connectivity index (χ2v) is 8.36. The van der Waals surface area contributed by atoms with E-state index < -0.39 is 5.97 Å². The zero-order valence-electron chi connectivity index (χ0n) is 19.2. The van der Waals surface area contributed by atoms with E-state index in [-0.39, 0.29) is 12.1 Å². The molecule has 2 atom stereocenters. The molecule has 0 bridgehead atoms. The number of thiocarbonyl (C=S) groups is 1. The van der Waals surface area contributed by atoms with Crippen LogP contribution in [-0.2, 0) is 4.74 Å². The topological polar surface area (TPSA) is 76.8 Å². The van der Waals surface area contributed by atoms with Crippen molar-refractivity contribution >= 4 is 29.0 Å². The van der Waals surface area contributed by atoms with Crippen molar-refractivity contribution in [2.45, 2.75) is 12.1 Å². The van der Waals surface area contributed by atoms with E-state index in [0.29, 0.717) is 22.2 Å². The van der Waals surface area contributed by atoms with E-state index in [0.717, 1.165) is 22.7 Å². The average molecular weight is 486 g/mol. The van der Waals surface area contributed by atoms with Crippen molar-refractivity contribution in [3.63, 3.8) is 0 Å². The van der Waals surface area contributed by atoms with Crippen LogP contribution < -0.4 is 15.0 Å². The average Bonchev–Trinajstić information content (AvgIpc) is 3.53. The summed E-state index contributed by atoms with van der Waals surface area (Å²) in [5, 5.41) is 3.99. The van der Waals surface area contributed by atoms with Gasteiger partial charge in [0.05, 0.1) is 31.5 Å². The third kappa shape index (κ3) is 4.36. The maximum absolute atomic E-state index is 12.0. The number of carbonyl (C=O) groups excluding carboxylic acids is 1. The Kier molecular flexibility index (Phi) is 6.20. The van der Waals surface area contributed by atoms with Crippen molar-refractivity contribution in [1.29, 1.82) is 0 Å². The predicted octanol–water partition coefficient (Wildman–Crippen LogP) is 5.31. The predicted molar refractivity (Wildman–Crippen MR) is 136 cm³/mol. The molecule has 8 heteroatoms. The first-order chi connectivity index (χ1) is 17.1. The Morgan fingerprint density at radius 2 is 1.86 bits per heavy atom. The first kappa shape index (κ1) is 22.6. The fourth-order valence-corrected chi connectivity index (χ4v) is 4.59. The van der Waals surface area contributed by atoms with Gasteiger partial charge in [-0.1, -0.05) is 18.2 Å². The maximum Gasteiger partial charge on any atom is 0.337 e. The summed E-state index contributed by atoms with van der Waals surface area (Å²) in [6.45, 7) is 0. The molecule has 1 fully saturated rings. The molecule has 0 saturated carbocycles. The van der Waals surface area contributed by atoms with Gasteiger partial charge in [-0.25, -0.2) is 4.79 Å². The maximum atomic E-state index is 12.0. The van der Waals surface area contributed by atoms with Crippen molar-refractivity contribution in [2.24, 2.45) is 0 Å². The van der Waals surface area contributed by atoms with E-state index in [4.69, 9.17) is 26.1 Å². The SMILES string of the molecule is COC(=O)c1cccc(-c2ccc([C@H]3[C@@H](c4ccccn4)NC(=S)N3c3ccc(OC)cc3)o2)c1. The summed E-state index contributed by atoms with van der Waals surface area (Å²) in [5.74, 6) is 1.71. The summed E-state index contributed by atoms with van der Waals surface area (Å²) < 4.78 is 16.5. The molecule has 0 radical (unpaired) electrons. The Bertz CT molecular complexity index is 1350. The molecule has 0 spiro atoms. The number of rotatable bonds is 6. The number of ether oxygens (including phenoxy) is 2. The third-order valence-electron chi connectivity index (χ3n) is 5.94. The smallest absolute Gasteiger partial charge is 0.337 e. The summed E-state index contributed by atoms with van der Waals surface area (Å²) in [4.78, 5) is 18.6. The lowest BCUT2D eigenvalue weighted by atomic mass is 10.0. The first-order valence-corrected chi connectivity index (χ1v) is 11.4. The molecule has 1 saturated heterocycles. The van der Waals surface area contributed by atoms with Gasteiger partial charge in [-0.15, -0.1) is 0 Å². The Labute approximate surface area is 208 Å². The van der Waals surface area contributed by atoms with Gasteiger partial charge in [0.25, 0.3) is 0 Å². The van der Waals surface area contributed by atoms with Crippen LogP contribution in [0.3, 0.4) is 0 Å². The van der Waals surface area contributed by atoms with E-state index in [2.05, 4.69) is 10.3 Å². The highest BCUT2D eigenvalue weighted by atomic mass is 32.1.